The molecule has 0 radical (unpaired) electrons. The van der Waals surface area contributed by atoms with Crippen LogP contribution in [0.1, 0.15) is 12.0 Å². The summed E-state index contributed by atoms with van der Waals surface area (Å²) in [5.74, 6) is 0. The van der Waals surface area contributed by atoms with Gasteiger partial charge in [-0.1, -0.05) is 28.1 Å². The number of benzene rings is 1. The van der Waals surface area contributed by atoms with Crippen molar-refractivity contribution in [1.29, 1.82) is 0 Å². The lowest BCUT2D eigenvalue weighted by molar-refractivity contribution is 0.327. The predicted octanol–water partition coefficient (Wildman–Crippen LogP) is 2.83. The molecule has 2 N–H and O–H groups in total. The SMILES string of the molecule is Cl.Cl.N[C@H]1CCN(Cc2ccc(Br)cc2)C1. The van der Waals surface area contributed by atoms with Gasteiger partial charge in [-0.2, -0.15) is 0 Å². The summed E-state index contributed by atoms with van der Waals surface area (Å²) in [5.41, 5.74) is 7.22. The predicted molar refractivity (Wildman–Crippen MR) is 76.5 cm³/mol. The summed E-state index contributed by atoms with van der Waals surface area (Å²) in [7, 11) is 0. The number of hydrogen-bond donors (Lipinski definition) is 1. The third-order valence-corrected chi connectivity index (χ3v) is 3.16. The molecule has 1 saturated heterocycles. The highest BCUT2D eigenvalue weighted by Gasteiger charge is 2.18. The van der Waals surface area contributed by atoms with E-state index >= 15 is 0 Å². The zero-order valence-electron chi connectivity index (χ0n) is 8.93. The molecule has 0 saturated carbocycles. The number of rotatable bonds is 2. The van der Waals surface area contributed by atoms with Crippen molar-refractivity contribution in [3.63, 3.8) is 0 Å². The van der Waals surface area contributed by atoms with Crippen LogP contribution in [0.25, 0.3) is 0 Å². The maximum absolute atomic E-state index is 5.85. The lowest BCUT2D eigenvalue weighted by Crippen LogP contribution is -2.26. The number of likely N-dealkylation sites (tertiary alicyclic amines) is 1. The van der Waals surface area contributed by atoms with Gasteiger partial charge < -0.3 is 5.73 Å². The molecule has 1 aromatic rings. The van der Waals surface area contributed by atoms with Gasteiger partial charge in [-0.25, -0.2) is 0 Å². The Hall–Kier alpha value is 0.200. The van der Waals surface area contributed by atoms with E-state index in [2.05, 4.69) is 45.1 Å². The molecule has 2 nitrogen and oxygen atoms in total. The molecular weight excluding hydrogens is 311 g/mol. The highest BCUT2D eigenvalue weighted by atomic mass is 79.9. The second-order valence-corrected chi connectivity index (χ2v) is 4.83. The largest absolute Gasteiger partial charge is 0.326 e. The number of nitrogens with two attached hydrogens (primary N) is 1. The van der Waals surface area contributed by atoms with Crippen LogP contribution in [0.15, 0.2) is 28.7 Å². The third-order valence-electron chi connectivity index (χ3n) is 2.63. The van der Waals surface area contributed by atoms with E-state index in [0.717, 1.165) is 30.5 Å². The van der Waals surface area contributed by atoms with E-state index in [1.807, 2.05) is 0 Å². The summed E-state index contributed by atoms with van der Waals surface area (Å²) in [4.78, 5) is 2.41. The Morgan fingerprint density at radius 2 is 1.88 bits per heavy atom. The highest BCUT2D eigenvalue weighted by molar-refractivity contribution is 9.10. The summed E-state index contributed by atoms with van der Waals surface area (Å²) >= 11 is 3.43. The number of hydrogen-bond acceptors (Lipinski definition) is 2. The van der Waals surface area contributed by atoms with Crippen LogP contribution < -0.4 is 5.73 Å². The van der Waals surface area contributed by atoms with Crippen LogP contribution in [-0.2, 0) is 6.54 Å². The first-order valence-corrected chi connectivity index (χ1v) is 5.76. The van der Waals surface area contributed by atoms with E-state index in [4.69, 9.17) is 5.73 Å². The first kappa shape index (κ1) is 16.2. The van der Waals surface area contributed by atoms with Crippen LogP contribution in [0, 0.1) is 0 Å². The topological polar surface area (TPSA) is 29.3 Å². The van der Waals surface area contributed by atoms with Crippen LogP contribution in [0.3, 0.4) is 0 Å². The van der Waals surface area contributed by atoms with Gasteiger partial charge in [-0.3, -0.25) is 4.90 Å². The van der Waals surface area contributed by atoms with Gasteiger partial charge in [-0.05, 0) is 24.1 Å². The van der Waals surface area contributed by atoms with Crippen molar-refractivity contribution in [2.24, 2.45) is 5.73 Å². The van der Waals surface area contributed by atoms with Gasteiger partial charge >= 0.3 is 0 Å². The third kappa shape index (κ3) is 4.60. The molecular formula is C11H17BrCl2N2. The molecule has 0 spiro atoms. The summed E-state index contributed by atoms with van der Waals surface area (Å²) in [5, 5.41) is 0. The molecule has 2 rings (SSSR count). The summed E-state index contributed by atoms with van der Waals surface area (Å²) in [6.45, 7) is 3.20. The molecule has 5 heteroatoms. The molecule has 1 fully saturated rings. The van der Waals surface area contributed by atoms with Crippen LogP contribution in [-0.4, -0.2) is 24.0 Å². The summed E-state index contributed by atoms with van der Waals surface area (Å²) < 4.78 is 1.14. The maximum atomic E-state index is 5.85. The fraction of sp³-hybridized carbons (Fsp3) is 0.455. The van der Waals surface area contributed by atoms with E-state index in [1.54, 1.807) is 0 Å². The first-order chi connectivity index (χ1) is 6.74. The molecule has 0 aliphatic carbocycles. The Morgan fingerprint density at radius 1 is 1.25 bits per heavy atom. The van der Waals surface area contributed by atoms with Crippen molar-refractivity contribution in [3.8, 4) is 0 Å². The lowest BCUT2D eigenvalue weighted by Gasteiger charge is -2.14. The molecule has 1 atom stereocenters. The standard InChI is InChI=1S/C11H15BrN2.2ClH/c12-10-3-1-9(2-4-10)7-14-6-5-11(13)8-14;;/h1-4,11H,5-8,13H2;2*1H/t11-;;/m0../s1. The normalized spacial score (nSPS) is 20.0. The molecule has 92 valence electrons. The molecule has 0 bridgehead atoms. The van der Waals surface area contributed by atoms with Crippen molar-refractivity contribution in [2.45, 2.75) is 19.0 Å². The van der Waals surface area contributed by atoms with Crippen LogP contribution >= 0.6 is 40.7 Å². The summed E-state index contributed by atoms with van der Waals surface area (Å²) in [6, 6.07) is 8.88. The average molecular weight is 328 g/mol. The van der Waals surface area contributed by atoms with E-state index in [-0.39, 0.29) is 24.8 Å². The molecule has 1 aromatic carbocycles. The minimum Gasteiger partial charge on any atom is -0.326 e. The Morgan fingerprint density at radius 3 is 2.38 bits per heavy atom. The zero-order chi connectivity index (χ0) is 9.97. The average Bonchev–Trinajstić information content (AvgIpc) is 2.56. The highest BCUT2D eigenvalue weighted by Crippen LogP contribution is 2.15. The van der Waals surface area contributed by atoms with E-state index < -0.39 is 0 Å². The minimum atomic E-state index is 0. The quantitative estimate of drug-likeness (QED) is 0.905. The second-order valence-electron chi connectivity index (χ2n) is 3.91. The van der Waals surface area contributed by atoms with Gasteiger partial charge in [-0.15, -0.1) is 24.8 Å². The Kier molecular flexibility index (Phi) is 7.61. The monoisotopic (exact) mass is 326 g/mol. The Bertz CT molecular complexity index is 305. The molecule has 1 aliphatic heterocycles. The summed E-state index contributed by atoms with van der Waals surface area (Å²) in [6.07, 6.45) is 1.14. The molecule has 0 aromatic heterocycles. The smallest absolute Gasteiger partial charge is 0.0234 e. The molecule has 1 aliphatic rings. The fourth-order valence-corrected chi connectivity index (χ4v) is 2.12. The number of halogens is 3. The van der Waals surface area contributed by atoms with Crippen LogP contribution in [0.2, 0.25) is 0 Å². The molecule has 0 amide bonds. The van der Waals surface area contributed by atoms with Gasteiger partial charge in [0.1, 0.15) is 0 Å². The second kappa shape index (κ2) is 7.51. The van der Waals surface area contributed by atoms with E-state index in [9.17, 15) is 0 Å². The fourth-order valence-electron chi connectivity index (χ4n) is 1.85. The van der Waals surface area contributed by atoms with Gasteiger partial charge in [0.2, 0.25) is 0 Å². The number of nitrogens with zero attached hydrogens (tertiary/aromatic N) is 1. The van der Waals surface area contributed by atoms with E-state index in [1.165, 1.54) is 5.56 Å². The van der Waals surface area contributed by atoms with Gasteiger partial charge in [0, 0.05) is 30.1 Å². The molecule has 1 heterocycles. The van der Waals surface area contributed by atoms with Crippen molar-refractivity contribution in [1.82, 2.24) is 4.90 Å². The minimum absolute atomic E-state index is 0. The van der Waals surface area contributed by atoms with Crippen LogP contribution in [0.4, 0.5) is 0 Å². The van der Waals surface area contributed by atoms with Crippen molar-refractivity contribution in [2.75, 3.05) is 13.1 Å². The Balaban J connectivity index is 0.00000112. The first-order valence-electron chi connectivity index (χ1n) is 4.96. The van der Waals surface area contributed by atoms with Crippen molar-refractivity contribution >= 4 is 40.7 Å². The van der Waals surface area contributed by atoms with Gasteiger partial charge in [0.05, 0.1) is 0 Å². The van der Waals surface area contributed by atoms with E-state index in [0.29, 0.717) is 6.04 Å². The van der Waals surface area contributed by atoms with Crippen LogP contribution in [0.5, 0.6) is 0 Å². The lowest BCUT2D eigenvalue weighted by atomic mass is 10.2. The molecule has 16 heavy (non-hydrogen) atoms. The maximum Gasteiger partial charge on any atom is 0.0234 e. The van der Waals surface area contributed by atoms with Crippen molar-refractivity contribution in [3.05, 3.63) is 34.3 Å². The Labute approximate surface area is 118 Å². The molecule has 0 unspecified atom stereocenters. The van der Waals surface area contributed by atoms with Gasteiger partial charge in [0.25, 0.3) is 0 Å². The van der Waals surface area contributed by atoms with Crippen molar-refractivity contribution < 1.29 is 0 Å². The van der Waals surface area contributed by atoms with Gasteiger partial charge in [0.15, 0.2) is 0 Å². The zero-order valence-corrected chi connectivity index (χ0v) is 12.2.